The number of benzene rings is 1. The van der Waals surface area contributed by atoms with E-state index >= 15 is 0 Å². The molecule has 0 amide bonds. The van der Waals surface area contributed by atoms with Crippen LogP contribution in [0.15, 0.2) is 24.3 Å². The number of halogens is 1. The van der Waals surface area contributed by atoms with Gasteiger partial charge >= 0.3 is 5.97 Å². The number of carboxylic acids is 1. The number of nitrogens with one attached hydrogen (secondary N) is 1. The molecule has 1 aliphatic heterocycles. The monoisotopic (exact) mass is 682 g/mol. The van der Waals surface area contributed by atoms with Crippen LogP contribution >= 0.6 is 0 Å². The van der Waals surface area contributed by atoms with E-state index in [1.165, 1.54) is 69.1 Å². The molecule has 0 spiro atoms. The van der Waals surface area contributed by atoms with E-state index in [0.717, 1.165) is 25.1 Å². The second kappa shape index (κ2) is 11.6. The molecule has 2 N–H and O–H groups in total. The molecule has 6 aliphatic rings. The second-order valence-electron chi connectivity index (χ2n) is 18.3. The van der Waals surface area contributed by atoms with E-state index in [9.17, 15) is 22.7 Å². The number of hydrogen-bond donors (Lipinski definition) is 2. The van der Waals surface area contributed by atoms with Crippen LogP contribution in [-0.2, 0) is 9.84 Å². The van der Waals surface area contributed by atoms with Crippen LogP contribution in [0.1, 0.15) is 115 Å². The maximum absolute atomic E-state index is 14.9. The van der Waals surface area contributed by atoms with Gasteiger partial charge in [0.05, 0.1) is 17.1 Å². The maximum atomic E-state index is 14.9. The molecule has 1 aromatic rings. The zero-order valence-corrected chi connectivity index (χ0v) is 31.0. The van der Waals surface area contributed by atoms with Crippen LogP contribution in [0.25, 0.3) is 5.57 Å². The third kappa shape index (κ3) is 5.11. The van der Waals surface area contributed by atoms with Crippen LogP contribution in [0.5, 0.6) is 0 Å². The van der Waals surface area contributed by atoms with Gasteiger partial charge in [-0.3, -0.25) is 0 Å². The molecule has 1 heterocycles. The number of nitrogens with zero attached hydrogens (tertiary/aromatic N) is 1. The average molecular weight is 683 g/mol. The molecule has 0 radical (unpaired) electrons. The molecule has 9 atom stereocenters. The Morgan fingerprint density at radius 3 is 2.38 bits per heavy atom. The van der Waals surface area contributed by atoms with Gasteiger partial charge in [0.1, 0.15) is 5.82 Å². The van der Waals surface area contributed by atoms with Crippen LogP contribution < -0.4 is 5.32 Å². The van der Waals surface area contributed by atoms with Crippen molar-refractivity contribution >= 4 is 21.4 Å². The standard InChI is InChI=1S/C40H59FN2O4S/c1-26-11-16-40(42-19-20-43-21-23-48(46,47)24-22-43)18-17-38(5)30(34(26)40)9-10-33-37(4)14-12-29(27-7-8-28(35(44)45)31(41)25-27)36(2,3)32(37)13-15-39(33,38)6/h7-8,12,25-26,30,32-34,42H,9-11,13-24H2,1-6H3,(H,44,45). The Labute approximate surface area is 288 Å². The quantitative estimate of drug-likeness (QED) is 0.320. The van der Waals surface area contributed by atoms with E-state index in [-0.39, 0.29) is 32.8 Å². The molecule has 5 aliphatic carbocycles. The van der Waals surface area contributed by atoms with Crippen molar-refractivity contribution in [2.45, 2.75) is 105 Å². The van der Waals surface area contributed by atoms with Crippen LogP contribution in [0.2, 0.25) is 0 Å². The molecule has 1 aromatic carbocycles. The first kappa shape index (κ1) is 34.7. The first-order chi connectivity index (χ1) is 22.5. The van der Waals surface area contributed by atoms with E-state index in [4.69, 9.17) is 0 Å². The topological polar surface area (TPSA) is 86.7 Å². The van der Waals surface area contributed by atoms with E-state index in [1.54, 1.807) is 0 Å². The van der Waals surface area contributed by atoms with Crippen molar-refractivity contribution in [1.29, 1.82) is 0 Å². The highest BCUT2D eigenvalue weighted by Gasteiger charge is 2.70. The number of aromatic carboxylic acids is 1. The predicted molar refractivity (Wildman–Crippen MR) is 190 cm³/mol. The normalized spacial score (nSPS) is 43.3. The molecule has 0 bridgehead atoms. The van der Waals surface area contributed by atoms with Crippen LogP contribution in [0, 0.1) is 57.1 Å². The zero-order chi connectivity index (χ0) is 34.5. The minimum Gasteiger partial charge on any atom is -0.478 e. The van der Waals surface area contributed by atoms with Gasteiger partial charge in [-0.15, -0.1) is 0 Å². The number of carbonyl (C=O) groups is 1. The lowest BCUT2D eigenvalue weighted by Gasteiger charge is -2.72. The summed E-state index contributed by atoms with van der Waals surface area (Å²) in [5, 5.41) is 13.6. The second-order valence-corrected chi connectivity index (χ2v) is 20.6. The highest BCUT2D eigenvalue weighted by molar-refractivity contribution is 7.91. The lowest BCUT2D eigenvalue weighted by atomic mass is 9.33. The SMILES string of the molecule is CC1CCC2(NCCN3CCS(=O)(=O)CC3)CCC3(C)C(CCC4C5(C)CC=C(c6ccc(C(=O)O)c(F)c6)C(C)(C)C5CCC43C)C12. The Bertz CT molecular complexity index is 1590. The fourth-order valence-corrected chi connectivity index (χ4v) is 14.9. The molecule has 0 aromatic heterocycles. The van der Waals surface area contributed by atoms with Gasteiger partial charge in [0.2, 0.25) is 0 Å². The van der Waals surface area contributed by atoms with Crippen LogP contribution in [0.3, 0.4) is 0 Å². The van der Waals surface area contributed by atoms with Crippen molar-refractivity contribution in [3.8, 4) is 0 Å². The summed E-state index contributed by atoms with van der Waals surface area (Å²) < 4.78 is 38.8. The highest BCUT2D eigenvalue weighted by Crippen LogP contribution is 2.76. The van der Waals surface area contributed by atoms with E-state index < -0.39 is 21.6 Å². The Hall–Kier alpha value is -1.77. The summed E-state index contributed by atoms with van der Waals surface area (Å²) in [5.41, 5.74) is 2.48. The molecule has 5 fully saturated rings. The van der Waals surface area contributed by atoms with E-state index in [0.29, 0.717) is 54.2 Å². The number of hydrogen-bond acceptors (Lipinski definition) is 5. The third-order valence-electron chi connectivity index (χ3n) is 16.2. The first-order valence-corrected chi connectivity index (χ1v) is 20.7. The fourth-order valence-electron chi connectivity index (χ4n) is 13.6. The Morgan fingerprint density at radius 1 is 0.958 bits per heavy atom. The van der Waals surface area contributed by atoms with Crippen molar-refractivity contribution < 1.29 is 22.7 Å². The summed E-state index contributed by atoms with van der Waals surface area (Å²) in [6, 6.07) is 4.69. The van der Waals surface area contributed by atoms with Crippen molar-refractivity contribution in [3.05, 3.63) is 41.2 Å². The van der Waals surface area contributed by atoms with Gasteiger partial charge in [0.25, 0.3) is 0 Å². The largest absolute Gasteiger partial charge is 0.478 e. The van der Waals surface area contributed by atoms with E-state index in [2.05, 4.69) is 57.8 Å². The average Bonchev–Trinajstić information content (AvgIpc) is 3.34. The Morgan fingerprint density at radius 2 is 1.69 bits per heavy atom. The zero-order valence-electron chi connectivity index (χ0n) is 30.2. The molecule has 1 saturated heterocycles. The molecule has 8 heteroatoms. The molecule has 266 valence electrons. The summed E-state index contributed by atoms with van der Waals surface area (Å²) in [6.45, 7) is 18.3. The number of rotatable bonds is 6. The number of allylic oxidation sites excluding steroid dienone is 2. The summed E-state index contributed by atoms with van der Waals surface area (Å²) >= 11 is 0. The first-order valence-electron chi connectivity index (χ1n) is 18.9. The number of carboxylic acid groups (broad SMARTS) is 1. The molecular formula is C40H59FN2O4S. The van der Waals surface area contributed by atoms with Gasteiger partial charge in [0.15, 0.2) is 9.84 Å². The van der Waals surface area contributed by atoms with Gasteiger partial charge in [-0.25, -0.2) is 17.6 Å². The van der Waals surface area contributed by atoms with Gasteiger partial charge in [-0.2, -0.15) is 0 Å². The minimum absolute atomic E-state index is 0.145. The molecule has 6 nitrogen and oxygen atoms in total. The third-order valence-corrected chi connectivity index (χ3v) is 17.8. The lowest BCUT2D eigenvalue weighted by Crippen LogP contribution is -2.68. The maximum Gasteiger partial charge on any atom is 0.338 e. The fraction of sp³-hybridized carbons (Fsp3) is 0.775. The number of sulfone groups is 1. The summed E-state index contributed by atoms with van der Waals surface area (Å²) in [7, 11) is -2.86. The predicted octanol–water partition coefficient (Wildman–Crippen LogP) is 7.69. The van der Waals surface area contributed by atoms with Crippen molar-refractivity contribution in [2.75, 3.05) is 37.7 Å². The molecule has 4 saturated carbocycles. The lowest BCUT2D eigenvalue weighted by molar-refractivity contribution is -0.220. The van der Waals surface area contributed by atoms with Crippen molar-refractivity contribution in [2.24, 2.45) is 51.2 Å². The van der Waals surface area contributed by atoms with Gasteiger partial charge in [-0.05, 0) is 132 Å². The summed E-state index contributed by atoms with van der Waals surface area (Å²) in [4.78, 5) is 13.8. The van der Waals surface area contributed by atoms with Gasteiger partial charge < -0.3 is 15.3 Å². The minimum atomic E-state index is -2.86. The molecule has 48 heavy (non-hydrogen) atoms. The summed E-state index contributed by atoms with van der Waals surface area (Å²) in [6.07, 6.45) is 13.4. The molecular weight excluding hydrogens is 624 g/mol. The van der Waals surface area contributed by atoms with Gasteiger partial charge in [-0.1, -0.05) is 53.7 Å². The van der Waals surface area contributed by atoms with Crippen molar-refractivity contribution in [3.63, 3.8) is 0 Å². The smallest absolute Gasteiger partial charge is 0.338 e. The van der Waals surface area contributed by atoms with Crippen LogP contribution in [-0.4, -0.2) is 67.6 Å². The molecule has 9 unspecified atom stereocenters. The number of fused-ring (bicyclic) bond motifs is 7. The van der Waals surface area contributed by atoms with Crippen molar-refractivity contribution in [1.82, 2.24) is 10.2 Å². The van der Waals surface area contributed by atoms with E-state index in [1.807, 2.05) is 6.07 Å². The summed E-state index contributed by atoms with van der Waals surface area (Å²) in [5.74, 6) is 1.91. The molecule has 7 rings (SSSR count). The van der Waals surface area contributed by atoms with Crippen LogP contribution in [0.4, 0.5) is 4.39 Å². The Balaban J connectivity index is 1.13. The van der Waals surface area contributed by atoms with Gasteiger partial charge in [0, 0.05) is 31.7 Å². The Kier molecular flexibility index (Phi) is 8.40. The highest BCUT2D eigenvalue weighted by atomic mass is 32.2.